The van der Waals surface area contributed by atoms with E-state index in [1.54, 1.807) is 6.92 Å². The van der Waals surface area contributed by atoms with Crippen molar-refractivity contribution in [3.63, 3.8) is 0 Å². The average Bonchev–Trinajstić information content (AvgIpc) is 3.93. The van der Waals surface area contributed by atoms with E-state index in [0.717, 1.165) is 32.2 Å². The molecule has 1 spiro atoms. The van der Waals surface area contributed by atoms with Gasteiger partial charge in [0.15, 0.2) is 5.82 Å². The van der Waals surface area contributed by atoms with Crippen LogP contribution in [-0.2, 0) is 0 Å². The number of likely N-dealkylation sites (tertiary alicyclic amines) is 1. The number of nitrogens with zero attached hydrogens (tertiary/aromatic N) is 4. The van der Waals surface area contributed by atoms with Gasteiger partial charge in [-0.15, -0.1) is 6.42 Å². The maximum absolute atomic E-state index is 17.2. The van der Waals surface area contributed by atoms with Gasteiger partial charge < -0.3 is 25.0 Å². The summed E-state index contributed by atoms with van der Waals surface area (Å²) in [4.78, 5) is 14.1. The van der Waals surface area contributed by atoms with Crippen molar-refractivity contribution in [1.82, 2.24) is 20.2 Å². The van der Waals surface area contributed by atoms with Gasteiger partial charge in [0.1, 0.15) is 22.9 Å². The molecule has 2 saturated carbocycles. The lowest BCUT2D eigenvalue weighted by Gasteiger charge is -2.35. The van der Waals surface area contributed by atoms with Crippen LogP contribution < -0.4 is 15.0 Å². The standard InChI is InChI=1S/C39H39F4N5O2/c1-3-27-30(40)7-4-23-15-26(49)16-28(32(23)27)31-22(2)14-29-34(33(31)41)45-36(46-35(29)48-17-24-5-6-25(18-48)44-24)50-21-37(8-9-37)20-47-12-10-38(11-13-47)19-39(38,42)43/h1,4,7,14-16,24-25,44,49H,5-6,8-13,17-21H2,2H3. The summed E-state index contributed by atoms with van der Waals surface area (Å²) in [5, 5.41) is 15.7. The van der Waals surface area contributed by atoms with Crippen LogP contribution in [0.1, 0.15) is 56.1 Å². The molecule has 50 heavy (non-hydrogen) atoms. The normalized spacial score (nSPS) is 24.5. The lowest BCUT2D eigenvalue weighted by Crippen LogP contribution is -2.51. The van der Waals surface area contributed by atoms with Gasteiger partial charge in [0.25, 0.3) is 5.92 Å². The van der Waals surface area contributed by atoms with E-state index in [1.165, 1.54) is 24.3 Å². The number of aryl methyl sites for hydroxylation is 1. The molecule has 5 fully saturated rings. The van der Waals surface area contributed by atoms with Gasteiger partial charge in [0.2, 0.25) is 0 Å². The Bertz CT molecular complexity index is 2090. The van der Waals surface area contributed by atoms with Crippen molar-refractivity contribution in [3.8, 4) is 35.2 Å². The molecule has 5 aliphatic rings. The van der Waals surface area contributed by atoms with E-state index in [1.807, 2.05) is 6.07 Å². The first kappa shape index (κ1) is 31.8. The number of alkyl halides is 2. The Hall–Kier alpha value is -4.14. The Kier molecular flexibility index (Phi) is 7.11. The summed E-state index contributed by atoms with van der Waals surface area (Å²) >= 11 is 0. The highest BCUT2D eigenvalue weighted by atomic mass is 19.3. The molecule has 4 heterocycles. The first-order chi connectivity index (χ1) is 24.0. The van der Waals surface area contributed by atoms with Crippen LogP contribution in [0.3, 0.4) is 0 Å². The van der Waals surface area contributed by atoms with E-state index >= 15 is 4.39 Å². The number of benzene rings is 3. The van der Waals surface area contributed by atoms with Gasteiger partial charge in [0, 0.05) is 65.3 Å². The Morgan fingerprint density at radius 3 is 2.42 bits per heavy atom. The van der Waals surface area contributed by atoms with Crippen molar-refractivity contribution in [2.45, 2.75) is 69.9 Å². The van der Waals surface area contributed by atoms with Crippen molar-refractivity contribution < 1.29 is 27.4 Å². The SMILES string of the molecule is C#Cc1c(F)ccc2cc(O)cc(-c3c(C)cc4c(N5CC6CCC(C5)N6)nc(OCC5(CN6CCC7(CC6)CC7(F)F)CC5)nc4c3F)c12. The van der Waals surface area contributed by atoms with Crippen molar-refractivity contribution in [1.29, 1.82) is 0 Å². The fraction of sp³-hybridized carbons (Fsp3) is 0.487. The summed E-state index contributed by atoms with van der Waals surface area (Å²) in [6, 6.07) is 8.20. The number of piperidine rings is 1. The first-order valence-corrected chi connectivity index (χ1v) is 17.6. The summed E-state index contributed by atoms with van der Waals surface area (Å²) in [6.07, 6.45) is 10.8. The molecular formula is C39H39F4N5O2. The number of ether oxygens (including phenoxy) is 1. The minimum absolute atomic E-state index is 0.00969. The van der Waals surface area contributed by atoms with Gasteiger partial charge in [-0.25, -0.2) is 17.6 Å². The molecule has 2 unspecified atom stereocenters. The molecule has 2 atom stereocenters. The van der Waals surface area contributed by atoms with Crippen LogP contribution in [-0.4, -0.2) is 77.3 Å². The number of fused-ring (bicyclic) bond motifs is 4. The van der Waals surface area contributed by atoms with Gasteiger partial charge in [0.05, 0.1) is 12.2 Å². The largest absolute Gasteiger partial charge is 0.508 e. The van der Waals surface area contributed by atoms with Crippen LogP contribution in [0.25, 0.3) is 32.8 Å². The van der Waals surface area contributed by atoms with Gasteiger partial charge >= 0.3 is 6.01 Å². The second kappa shape index (κ2) is 11.2. The summed E-state index contributed by atoms with van der Waals surface area (Å²) < 4.78 is 66.4. The number of phenolic OH excluding ortho intramolecular Hbond substituents is 1. The lowest BCUT2D eigenvalue weighted by molar-refractivity contribution is 0.0252. The topological polar surface area (TPSA) is 73.8 Å². The highest BCUT2D eigenvalue weighted by molar-refractivity contribution is 6.05. The molecule has 4 aromatic rings. The summed E-state index contributed by atoms with van der Waals surface area (Å²) in [5.74, 6) is -0.839. The van der Waals surface area contributed by atoms with Crippen LogP contribution in [0.5, 0.6) is 11.8 Å². The fourth-order valence-electron chi connectivity index (χ4n) is 8.97. The Morgan fingerprint density at radius 2 is 1.76 bits per heavy atom. The van der Waals surface area contributed by atoms with Crippen molar-refractivity contribution in [3.05, 3.63) is 53.1 Å². The van der Waals surface area contributed by atoms with Gasteiger partial charge in [-0.05, 0) is 99.3 Å². The summed E-state index contributed by atoms with van der Waals surface area (Å²) in [7, 11) is 0. The number of aromatic nitrogens is 2. The van der Waals surface area contributed by atoms with E-state index in [9.17, 15) is 18.3 Å². The molecule has 7 nitrogen and oxygen atoms in total. The third-order valence-corrected chi connectivity index (χ3v) is 12.1. The minimum Gasteiger partial charge on any atom is -0.508 e. The number of hydrogen-bond donors (Lipinski definition) is 2. The fourth-order valence-corrected chi connectivity index (χ4v) is 8.97. The predicted molar refractivity (Wildman–Crippen MR) is 184 cm³/mol. The minimum atomic E-state index is -2.52. The maximum Gasteiger partial charge on any atom is 0.319 e. The quantitative estimate of drug-likeness (QED) is 0.161. The zero-order valence-electron chi connectivity index (χ0n) is 28.0. The monoisotopic (exact) mass is 685 g/mol. The Balaban J connectivity index is 1.09. The molecule has 260 valence electrons. The van der Waals surface area contributed by atoms with Crippen molar-refractivity contribution >= 4 is 27.5 Å². The van der Waals surface area contributed by atoms with Gasteiger partial charge in [-0.2, -0.15) is 9.97 Å². The van der Waals surface area contributed by atoms with Gasteiger partial charge in [-0.3, -0.25) is 0 Å². The van der Waals surface area contributed by atoms with Crippen LogP contribution >= 0.6 is 0 Å². The number of halogens is 4. The number of piperazine rings is 1. The molecule has 3 aromatic carbocycles. The second-order valence-electron chi connectivity index (χ2n) is 15.5. The molecule has 0 radical (unpaired) electrons. The van der Waals surface area contributed by atoms with Crippen LogP contribution in [0, 0.1) is 41.7 Å². The Morgan fingerprint density at radius 1 is 1.04 bits per heavy atom. The van der Waals surface area contributed by atoms with Gasteiger partial charge in [-0.1, -0.05) is 12.0 Å². The zero-order chi connectivity index (χ0) is 34.6. The molecule has 1 aromatic heterocycles. The van der Waals surface area contributed by atoms with E-state index in [2.05, 4.69) is 26.0 Å². The molecule has 2 aliphatic carbocycles. The zero-order valence-corrected chi connectivity index (χ0v) is 28.0. The molecule has 9 rings (SSSR count). The third kappa shape index (κ3) is 5.17. The number of terminal acetylenes is 1. The second-order valence-corrected chi connectivity index (χ2v) is 15.5. The highest BCUT2D eigenvalue weighted by Gasteiger charge is 2.70. The number of anilines is 1. The summed E-state index contributed by atoms with van der Waals surface area (Å²) in [6.45, 7) is 5.61. The van der Waals surface area contributed by atoms with E-state index in [4.69, 9.17) is 16.1 Å². The van der Waals surface area contributed by atoms with E-state index in [-0.39, 0.29) is 45.8 Å². The summed E-state index contributed by atoms with van der Waals surface area (Å²) in [5.41, 5.74) is 0.146. The van der Waals surface area contributed by atoms with Crippen molar-refractivity contribution in [2.75, 3.05) is 44.2 Å². The molecule has 2 bridgehead atoms. The highest BCUT2D eigenvalue weighted by Crippen LogP contribution is 2.66. The lowest BCUT2D eigenvalue weighted by atomic mass is 9.90. The third-order valence-electron chi connectivity index (χ3n) is 12.1. The molecular weight excluding hydrogens is 646 g/mol. The number of rotatable bonds is 7. The molecule has 3 aliphatic heterocycles. The first-order valence-electron chi connectivity index (χ1n) is 17.6. The average molecular weight is 686 g/mol. The number of aromatic hydroxyl groups is 1. The predicted octanol–water partition coefficient (Wildman–Crippen LogP) is 6.94. The number of nitrogens with one attached hydrogen (secondary N) is 1. The van der Waals surface area contributed by atoms with Crippen LogP contribution in [0.4, 0.5) is 23.4 Å². The van der Waals surface area contributed by atoms with E-state index in [0.29, 0.717) is 85.3 Å². The number of hydrogen-bond acceptors (Lipinski definition) is 7. The van der Waals surface area contributed by atoms with Crippen LogP contribution in [0.2, 0.25) is 0 Å². The molecule has 0 amide bonds. The molecule has 3 saturated heterocycles. The van der Waals surface area contributed by atoms with Crippen LogP contribution in [0.15, 0.2) is 30.3 Å². The smallest absolute Gasteiger partial charge is 0.319 e. The van der Waals surface area contributed by atoms with Crippen molar-refractivity contribution in [2.24, 2.45) is 10.8 Å². The molecule has 2 N–H and O–H groups in total. The number of phenols is 1. The molecule has 11 heteroatoms. The maximum atomic E-state index is 17.2. The van der Waals surface area contributed by atoms with E-state index < -0.39 is 23.0 Å². The Labute approximate surface area is 288 Å².